The Hall–Kier alpha value is -1.70. The van der Waals surface area contributed by atoms with Gasteiger partial charge in [-0.2, -0.15) is 0 Å². The van der Waals surface area contributed by atoms with Crippen molar-refractivity contribution in [3.8, 4) is 0 Å². The van der Waals surface area contributed by atoms with Gasteiger partial charge in [0, 0.05) is 6.20 Å². The summed E-state index contributed by atoms with van der Waals surface area (Å²) in [5.74, 6) is -0.539. The molecule has 20 heavy (non-hydrogen) atoms. The molecule has 8 heteroatoms. The molecule has 0 bridgehead atoms. The summed E-state index contributed by atoms with van der Waals surface area (Å²) in [7, 11) is 0. The van der Waals surface area contributed by atoms with Crippen LogP contribution < -0.4 is 5.43 Å². The van der Waals surface area contributed by atoms with Crippen molar-refractivity contribution in [3.05, 3.63) is 37.2 Å². The highest BCUT2D eigenvalue weighted by Gasteiger charge is 2.25. The Labute approximate surface area is 123 Å². The van der Waals surface area contributed by atoms with Crippen molar-refractivity contribution in [2.45, 2.75) is 39.3 Å². The summed E-state index contributed by atoms with van der Waals surface area (Å²) in [5, 5.41) is 10.8. The minimum atomic E-state index is -0.787. The first-order chi connectivity index (χ1) is 9.03. The second-order valence-electron chi connectivity index (χ2n) is 5.23. The minimum Gasteiger partial charge on any atom is -0.458 e. The molecular weight excluding hydrogens is 332 g/mol. The van der Waals surface area contributed by atoms with Crippen LogP contribution in [0.15, 0.2) is 21.7 Å². The van der Waals surface area contributed by atoms with Crippen LogP contribution in [0.2, 0.25) is 0 Å². The summed E-state index contributed by atoms with van der Waals surface area (Å²) in [5.41, 5.74) is -1.99. The van der Waals surface area contributed by atoms with Crippen molar-refractivity contribution in [2.24, 2.45) is 0 Å². The van der Waals surface area contributed by atoms with Gasteiger partial charge < -0.3 is 9.30 Å². The highest BCUT2D eigenvalue weighted by Crippen LogP contribution is 2.18. The van der Waals surface area contributed by atoms with Crippen LogP contribution in [0.3, 0.4) is 0 Å². The Bertz CT molecular complexity index is 603. The number of pyridine rings is 1. The van der Waals surface area contributed by atoms with Gasteiger partial charge in [0.1, 0.15) is 11.6 Å². The van der Waals surface area contributed by atoms with E-state index >= 15 is 0 Å². The van der Waals surface area contributed by atoms with Crippen LogP contribution in [-0.4, -0.2) is 21.1 Å². The highest BCUT2D eigenvalue weighted by atomic mass is 79.9. The number of ether oxygens (including phenoxy) is 1. The van der Waals surface area contributed by atoms with Gasteiger partial charge in [0.05, 0.1) is 15.6 Å². The van der Waals surface area contributed by atoms with Gasteiger partial charge in [-0.15, -0.1) is 0 Å². The molecule has 0 aliphatic heterocycles. The van der Waals surface area contributed by atoms with Crippen molar-refractivity contribution in [3.63, 3.8) is 0 Å². The fourth-order valence-electron chi connectivity index (χ4n) is 1.41. The molecule has 7 nitrogen and oxygen atoms in total. The van der Waals surface area contributed by atoms with E-state index in [-0.39, 0.29) is 4.47 Å². The van der Waals surface area contributed by atoms with Crippen molar-refractivity contribution < 1.29 is 14.5 Å². The Morgan fingerprint density at radius 3 is 2.45 bits per heavy atom. The number of carbonyl (C=O) groups excluding carboxylic acids is 1. The fraction of sp³-hybridized carbons (Fsp3) is 0.500. The van der Waals surface area contributed by atoms with Gasteiger partial charge in [0.2, 0.25) is 0 Å². The minimum absolute atomic E-state index is 0.0158. The molecule has 0 saturated carbocycles. The molecule has 0 amide bonds. The molecule has 1 aromatic rings. The molecule has 0 spiro atoms. The van der Waals surface area contributed by atoms with Gasteiger partial charge in [0.15, 0.2) is 0 Å². The summed E-state index contributed by atoms with van der Waals surface area (Å²) in [6, 6.07) is -0.787. The van der Waals surface area contributed by atoms with Crippen LogP contribution in [0.5, 0.6) is 0 Å². The number of hydrogen-bond donors (Lipinski definition) is 0. The average Bonchev–Trinajstić information content (AvgIpc) is 2.28. The van der Waals surface area contributed by atoms with Crippen LogP contribution in [0.1, 0.15) is 33.7 Å². The van der Waals surface area contributed by atoms with Crippen molar-refractivity contribution >= 4 is 27.6 Å². The Morgan fingerprint density at radius 1 is 1.45 bits per heavy atom. The number of esters is 1. The number of hydrogen-bond acceptors (Lipinski definition) is 5. The van der Waals surface area contributed by atoms with Gasteiger partial charge >= 0.3 is 11.7 Å². The smallest absolute Gasteiger partial charge is 0.333 e. The topological polar surface area (TPSA) is 91.4 Å². The Balaban J connectivity index is 3.17. The first-order valence-corrected chi connectivity index (χ1v) is 6.61. The SMILES string of the molecule is CC(C(=O)OC(C)(C)C)n1cc(Br)c(=O)c([N+](=O)[O-])c1. The van der Waals surface area contributed by atoms with E-state index in [1.165, 1.54) is 17.7 Å². The standard InChI is InChI=1S/C12H15BrN2O5/c1-7(11(17)20-12(2,3)4)14-5-8(13)10(16)9(6-14)15(18)19/h5-7H,1-4H3. The van der Waals surface area contributed by atoms with Crippen LogP contribution in [0, 0.1) is 10.1 Å². The van der Waals surface area contributed by atoms with Crippen molar-refractivity contribution in [2.75, 3.05) is 0 Å². The van der Waals surface area contributed by atoms with Gasteiger partial charge in [-0.05, 0) is 43.6 Å². The average molecular weight is 347 g/mol. The first kappa shape index (κ1) is 16.4. The predicted molar refractivity (Wildman–Crippen MR) is 75.6 cm³/mol. The molecule has 0 saturated heterocycles. The third kappa shape index (κ3) is 3.89. The molecule has 110 valence electrons. The van der Waals surface area contributed by atoms with Crippen LogP contribution >= 0.6 is 15.9 Å². The van der Waals surface area contributed by atoms with Crippen molar-refractivity contribution in [1.82, 2.24) is 4.57 Å². The molecule has 0 aromatic carbocycles. The maximum absolute atomic E-state index is 11.9. The molecule has 0 N–H and O–H groups in total. The maximum atomic E-state index is 11.9. The second-order valence-corrected chi connectivity index (χ2v) is 6.09. The van der Waals surface area contributed by atoms with Crippen molar-refractivity contribution in [1.29, 1.82) is 0 Å². The van der Waals surface area contributed by atoms with E-state index in [0.717, 1.165) is 6.20 Å². The van der Waals surface area contributed by atoms with E-state index in [9.17, 15) is 19.7 Å². The molecule has 0 fully saturated rings. The fourth-order valence-corrected chi connectivity index (χ4v) is 1.85. The summed E-state index contributed by atoms with van der Waals surface area (Å²) in [6.07, 6.45) is 2.35. The zero-order chi connectivity index (χ0) is 15.7. The lowest BCUT2D eigenvalue weighted by molar-refractivity contribution is -0.386. The van der Waals surface area contributed by atoms with Crippen LogP contribution in [-0.2, 0) is 9.53 Å². The molecule has 1 rings (SSSR count). The van der Waals surface area contributed by atoms with Gasteiger partial charge in [-0.3, -0.25) is 14.9 Å². The van der Waals surface area contributed by atoms with Gasteiger partial charge in [-0.25, -0.2) is 4.79 Å². The molecule has 0 radical (unpaired) electrons. The summed E-state index contributed by atoms with van der Waals surface area (Å²) in [4.78, 5) is 33.5. The molecule has 1 unspecified atom stereocenters. The predicted octanol–water partition coefficient (Wildman–Crippen LogP) is 2.42. The van der Waals surface area contributed by atoms with E-state index in [0.29, 0.717) is 0 Å². The molecule has 0 aliphatic rings. The normalized spacial score (nSPS) is 12.8. The Kier molecular flexibility index (Phi) is 4.69. The van der Waals surface area contributed by atoms with E-state index in [1.54, 1.807) is 20.8 Å². The van der Waals surface area contributed by atoms with E-state index in [1.807, 2.05) is 0 Å². The largest absolute Gasteiger partial charge is 0.458 e. The molecule has 1 aromatic heterocycles. The zero-order valence-corrected chi connectivity index (χ0v) is 13.1. The molecular formula is C12H15BrN2O5. The quantitative estimate of drug-likeness (QED) is 0.476. The highest BCUT2D eigenvalue weighted by molar-refractivity contribution is 9.10. The molecule has 0 aliphatic carbocycles. The second kappa shape index (κ2) is 5.74. The summed E-state index contributed by atoms with van der Waals surface area (Å²) in [6.45, 7) is 6.71. The number of halogens is 1. The number of rotatable bonds is 3. The number of carbonyl (C=O) groups is 1. The monoisotopic (exact) mass is 346 g/mol. The van der Waals surface area contributed by atoms with Gasteiger partial charge in [-0.1, -0.05) is 0 Å². The lowest BCUT2D eigenvalue weighted by atomic mass is 10.2. The maximum Gasteiger partial charge on any atom is 0.333 e. The first-order valence-electron chi connectivity index (χ1n) is 5.81. The molecule has 1 heterocycles. The Morgan fingerprint density at radius 2 is 2.00 bits per heavy atom. The third-order valence-corrected chi connectivity index (χ3v) is 2.94. The third-order valence-electron chi connectivity index (χ3n) is 2.38. The number of nitrogens with zero attached hydrogens (tertiary/aromatic N) is 2. The summed E-state index contributed by atoms with van der Waals surface area (Å²) < 4.78 is 6.49. The lowest BCUT2D eigenvalue weighted by Gasteiger charge is -2.23. The summed E-state index contributed by atoms with van der Waals surface area (Å²) >= 11 is 2.95. The van der Waals surface area contributed by atoms with Crippen LogP contribution in [0.4, 0.5) is 5.69 Å². The number of nitro groups is 1. The number of aromatic nitrogens is 1. The van der Waals surface area contributed by atoms with E-state index in [4.69, 9.17) is 4.74 Å². The van der Waals surface area contributed by atoms with E-state index in [2.05, 4.69) is 15.9 Å². The van der Waals surface area contributed by atoms with Crippen LogP contribution in [0.25, 0.3) is 0 Å². The van der Waals surface area contributed by atoms with Gasteiger partial charge in [0.25, 0.3) is 5.43 Å². The van der Waals surface area contributed by atoms with E-state index < -0.39 is 33.7 Å². The molecule has 1 atom stereocenters. The zero-order valence-electron chi connectivity index (χ0n) is 11.5. The lowest BCUT2D eigenvalue weighted by Crippen LogP contribution is -2.29.